The van der Waals surface area contributed by atoms with Crippen LogP contribution in [0, 0.1) is 11.8 Å². The maximum Gasteiger partial charge on any atom is 0.134 e. The minimum Gasteiger partial charge on any atom is -0.0795 e. The Morgan fingerprint density at radius 1 is 0.529 bits per heavy atom. The molecule has 0 aromatic heterocycles. The molecule has 51 heavy (non-hydrogen) atoms. The SMILES string of the molecule is CC(CCc1cccc2cc3ccccc3cc12)C1(Br)C2=CC3C(Br)(Br)C(Br)(Br)C(Br)(Br)C(Br)(Br)C3(Br)C(Br)(Br)C2(Br)C(Br)(Br)C(Br)(Br)C1(Br)Br. The van der Waals surface area contributed by atoms with Crippen molar-refractivity contribution in [3.05, 3.63) is 71.8 Å². The van der Waals surface area contributed by atoms with Gasteiger partial charge in [0.25, 0.3) is 0 Å². The molecule has 0 saturated heterocycles. The van der Waals surface area contributed by atoms with E-state index in [0.717, 1.165) is 18.4 Å². The van der Waals surface area contributed by atoms with Crippen LogP contribution in [0.4, 0.5) is 0 Å². The molecule has 0 spiro atoms. The predicted molar refractivity (Wildman–Crippen MR) is 290 cm³/mol. The molecule has 0 aliphatic heterocycles. The number of aryl methyl sites for hydroxylation is 1. The van der Waals surface area contributed by atoms with Gasteiger partial charge in [-0.1, -0.05) is 358 Å². The van der Waals surface area contributed by atoms with E-state index in [-0.39, 0.29) is 11.8 Å². The summed E-state index contributed by atoms with van der Waals surface area (Å²) in [7, 11) is 0. The van der Waals surface area contributed by atoms with Crippen molar-refractivity contribution >= 4 is 324 Å². The minimum atomic E-state index is -1.01. The molecule has 3 aliphatic carbocycles. The Labute approximate surface area is 457 Å². The van der Waals surface area contributed by atoms with E-state index < -0.39 is 38.8 Å². The number of alkyl halides is 19. The molecule has 3 aliphatic rings. The number of fused-ring (bicyclic) bond motifs is 4. The second-order valence-corrected chi connectivity index (χ2v) is 44.4. The highest BCUT2D eigenvalue weighted by molar-refractivity contribution is 9.35. The predicted octanol–water partition coefficient (Wildman–Crippen LogP) is 19.4. The van der Waals surface area contributed by atoms with E-state index in [4.69, 9.17) is 0 Å². The lowest BCUT2D eigenvalue weighted by Crippen LogP contribution is -2.86. The van der Waals surface area contributed by atoms with E-state index in [1.54, 1.807) is 0 Å². The zero-order valence-corrected chi connectivity index (χ0v) is 55.2. The molecule has 0 radical (unpaired) electrons. The third-order valence-electron chi connectivity index (χ3n) is 10.5. The molecule has 5 unspecified atom stereocenters. The quantitative estimate of drug-likeness (QED) is 0.139. The van der Waals surface area contributed by atoms with Crippen LogP contribution < -0.4 is 0 Å². The highest BCUT2D eigenvalue weighted by Gasteiger charge is 2.91. The number of halogens is 19. The van der Waals surface area contributed by atoms with Crippen molar-refractivity contribution in [1.82, 2.24) is 0 Å². The van der Waals surface area contributed by atoms with Gasteiger partial charge in [0.05, 0.1) is 8.65 Å². The summed E-state index contributed by atoms with van der Waals surface area (Å²) in [6, 6.07) is 19.8. The van der Waals surface area contributed by atoms with Crippen LogP contribution in [-0.4, -0.2) is 38.8 Å². The zero-order chi connectivity index (χ0) is 38.6. The summed E-state index contributed by atoms with van der Waals surface area (Å²) in [6.07, 6.45) is 4.08. The molecule has 0 bridgehead atoms. The summed E-state index contributed by atoms with van der Waals surface area (Å²) in [5.41, 5.74) is 2.37. The van der Waals surface area contributed by atoms with Crippen molar-refractivity contribution in [3.63, 3.8) is 0 Å². The molecule has 19 heteroatoms. The second kappa shape index (κ2) is 15.1. The summed E-state index contributed by atoms with van der Waals surface area (Å²) in [5, 5.41) is 5.01. The van der Waals surface area contributed by atoms with Crippen LogP contribution in [0.1, 0.15) is 18.9 Å². The van der Waals surface area contributed by atoms with Gasteiger partial charge in [0.1, 0.15) is 30.2 Å². The van der Waals surface area contributed by atoms with Gasteiger partial charge in [-0.2, -0.15) is 0 Å². The van der Waals surface area contributed by atoms with Gasteiger partial charge >= 0.3 is 0 Å². The molecule has 0 N–H and O–H groups in total. The Balaban J connectivity index is 1.59. The average Bonchev–Trinajstić information content (AvgIpc) is 3.03. The molecule has 3 aromatic carbocycles. The number of benzene rings is 3. The van der Waals surface area contributed by atoms with Crippen molar-refractivity contribution in [2.45, 2.75) is 58.6 Å². The molecule has 280 valence electrons. The van der Waals surface area contributed by atoms with Gasteiger partial charge in [0.2, 0.25) is 0 Å². The van der Waals surface area contributed by atoms with Crippen LogP contribution in [0.25, 0.3) is 21.5 Å². The third kappa shape index (κ3) is 6.05. The first-order chi connectivity index (χ1) is 22.9. The van der Waals surface area contributed by atoms with E-state index in [9.17, 15) is 0 Å². The first kappa shape index (κ1) is 47.5. The number of hydrogen-bond acceptors (Lipinski definition) is 0. The van der Waals surface area contributed by atoms with E-state index in [0.29, 0.717) is 0 Å². The molecule has 0 nitrogen and oxygen atoms in total. The molecular weight excluding hydrogens is 1900 g/mol. The Morgan fingerprint density at radius 2 is 1.04 bits per heavy atom. The lowest BCUT2D eigenvalue weighted by molar-refractivity contribution is 0.237. The fourth-order valence-electron chi connectivity index (χ4n) is 7.53. The summed E-state index contributed by atoms with van der Waals surface area (Å²) in [4.78, 5) is 0. The van der Waals surface area contributed by atoms with Crippen LogP contribution >= 0.6 is 303 Å². The summed E-state index contributed by atoms with van der Waals surface area (Å²) in [6.45, 7) is 2.31. The molecule has 2 fully saturated rings. The van der Waals surface area contributed by atoms with Crippen LogP contribution in [0.5, 0.6) is 0 Å². The Kier molecular flexibility index (Phi) is 14.0. The summed E-state index contributed by atoms with van der Waals surface area (Å²) < 4.78 is -9.85. The third-order valence-corrected chi connectivity index (χ3v) is 50.6. The Bertz CT molecular complexity index is 1960. The van der Waals surface area contributed by atoms with Gasteiger partial charge in [0.15, 0.2) is 0 Å². The van der Waals surface area contributed by atoms with Crippen LogP contribution in [0.3, 0.4) is 0 Å². The monoisotopic (exact) mass is 1900 g/mol. The van der Waals surface area contributed by atoms with Gasteiger partial charge in [-0.25, -0.2) is 0 Å². The van der Waals surface area contributed by atoms with Crippen molar-refractivity contribution < 1.29 is 0 Å². The number of hydrogen-bond donors (Lipinski definition) is 0. The standard InChI is InChI=1S/C32H19Br19/c1-14(9-10-15-7-4-8-18-11-16-5-2-3-6-17(16)12-19(15)18)22(33)20-13-21-24(35,29(44,45)32(50,51)30(46,47)25(21,36)37)27(40,41)23(20,34)28(42,43)31(48,49)26(22,38)39/h2-8,11-14,21H,9-10H2,1H3. The fraction of sp³-hybridized carbons (Fsp3) is 0.500. The molecular formula is C32H19Br19. The zero-order valence-electron chi connectivity index (χ0n) is 25.0. The van der Waals surface area contributed by atoms with E-state index in [1.807, 2.05) is 0 Å². The molecule has 3 aromatic rings. The summed E-state index contributed by atoms with van der Waals surface area (Å²) >= 11 is 80.2. The van der Waals surface area contributed by atoms with Gasteiger partial charge in [0, 0.05) is 5.92 Å². The molecule has 0 amide bonds. The Hall–Kier alpha value is 7.04. The fourth-order valence-corrected chi connectivity index (χ4v) is 31.0. The van der Waals surface area contributed by atoms with E-state index in [1.165, 1.54) is 27.1 Å². The van der Waals surface area contributed by atoms with Crippen LogP contribution in [0.15, 0.2) is 66.2 Å². The number of rotatable bonds is 4. The highest BCUT2D eigenvalue weighted by atomic mass is 80.0. The molecule has 5 atom stereocenters. The maximum absolute atomic E-state index is 4.50. The number of allylic oxidation sites excluding steroid dienone is 2. The first-order valence-corrected chi connectivity index (χ1v) is 29.7. The van der Waals surface area contributed by atoms with Crippen LogP contribution in [-0.2, 0) is 6.42 Å². The molecule has 2 saturated carbocycles. The van der Waals surface area contributed by atoms with Crippen LogP contribution in [0.2, 0.25) is 0 Å². The maximum atomic E-state index is 4.50. The molecule has 6 rings (SSSR count). The smallest absolute Gasteiger partial charge is 0.0795 e. The van der Waals surface area contributed by atoms with E-state index >= 15 is 0 Å². The van der Waals surface area contributed by atoms with Crippen molar-refractivity contribution in [3.8, 4) is 0 Å². The van der Waals surface area contributed by atoms with Crippen molar-refractivity contribution in [1.29, 1.82) is 0 Å². The Morgan fingerprint density at radius 3 is 1.61 bits per heavy atom. The van der Waals surface area contributed by atoms with Crippen molar-refractivity contribution in [2.75, 3.05) is 0 Å². The van der Waals surface area contributed by atoms with Gasteiger partial charge in [-0.3, -0.25) is 0 Å². The topological polar surface area (TPSA) is 0 Å². The summed E-state index contributed by atoms with van der Waals surface area (Å²) in [5.74, 6) is -0.282. The van der Waals surface area contributed by atoms with Gasteiger partial charge < -0.3 is 0 Å². The largest absolute Gasteiger partial charge is 0.134 e. The lowest BCUT2D eigenvalue weighted by atomic mass is 9.59. The van der Waals surface area contributed by atoms with Crippen molar-refractivity contribution in [2.24, 2.45) is 11.8 Å². The highest BCUT2D eigenvalue weighted by Crippen LogP contribution is 2.89. The normalized spacial score (nSPS) is 35.4. The second-order valence-electron chi connectivity index (χ2n) is 13.1. The first-order valence-electron chi connectivity index (χ1n) is 14.6. The van der Waals surface area contributed by atoms with E-state index in [2.05, 4.69) is 370 Å². The minimum absolute atomic E-state index is 0.0322. The van der Waals surface area contributed by atoms with Gasteiger partial charge in [-0.05, 0) is 63.6 Å². The molecule has 0 heterocycles. The van der Waals surface area contributed by atoms with Gasteiger partial charge in [-0.15, -0.1) is 0 Å². The lowest BCUT2D eigenvalue weighted by Gasteiger charge is -2.75. The average molecular weight is 1920 g/mol.